The normalized spacial score (nSPS) is 22.0. The molecule has 2 aromatic carbocycles. The Hall–Kier alpha value is -4.48. The first-order chi connectivity index (χ1) is 26.3. The first-order valence-corrected chi connectivity index (χ1v) is 18.8. The van der Waals surface area contributed by atoms with Crippen LogP contribution in [0.25, 0.3) is 5.57 Å². The molecule has 0 spiro atoms. The Labute approximate surface area is 331 Å². The highest BCUT2D eigenvalue weighted by Crippen LogP contribution is 2.47. The van der Waals surface area contributed by atoms with Crippen LogP contribution in [-0.2, 0) is 27.5 Å². The zero-order valence-corrected chi connectivity index (χ0v) is 32.7. The van der Waals surface area contributed by atoms with E-state index in [-0.39, 0.29) is 42.5 Å². The lowest BCUT2D eigenvalue weighted by atomic mass is 9.76. The van der Waals surface area contributed by atoms with Gasteiger partial charge in [0.1, 0.15) is 46.8 Å². The molecule has 3 aromatic rings. The molecule has 0 radical (unpaired) electrons. The molecule has 1 saturated heterocycles. The van der Waals surface area contributed by atoms with E-state index >= 15 is 0 Å². The third-order valence-corrected chi connectivity index (χ3v) is 10.8. The second kappa shape index (κ2) is 18.4. The van der Waals surface area contributed by atoms with Gasteiger partial charge in [-0.25, -0.2) is 0 Å². The summed E-state index contributed by atoms with van der Waals surface area (Å²) in [5.74, 6) is -0.652. The largest absolute Gasteiger partial charge is 0.488 e. The smallest absolute Gasteiger partial charge is 0.326 e. The summed E-state index contributed by atoms with van der Waals surface area (Å²) >= 11 is 14.4. The Balaban J connectivity index is 1.40. The SMILES string of the molecule is CC(=O)N[C@@H]1CCN(CCCOC2(COc3cc(OCc4cncc(C#N)c4)c(CNC(C)(CO)C(=O)O)cc3Cl)C=CC=C(c3ccccc3)C2(C)Cl)C1. The predicted octanol–water partition coefficient (Wildman–Crippen LogP) is 5.50. The maximum Gasteiger partial charge on any atom is 0.326 e. The molecular weight excluding hydrogens is 745 g/mol. The number of nitrogens with zero attached hydrogens (tertiary/aromatic N) is 3. The molecule has 0 saturated carbocycles. The Kier molecular flexibility index (Phi) is 14.0. The van der Waals surface area contributed by atoms with Crippen molar-refractivity contribution in [3.63, 3.8) is 0 Å². The molecule has 4 N–H and O–H groups in total. The second-order valence-electron chi connectivity index (χ2n) is 14.2. The minimum absolute atomic E-state index is 0.0154. The lowest BCUT2D eigenvalue weighted by molar-refractivity contribution is -0.146. The number of halogens is 2. The molecule has 3 unspecified atom stereocenters. The first kappa shape index (κ1) is 41.7. The molecule has 292 valence electrons. The minimum atomic E-state index is -1.63. The Morgan fingerprint density at radius 2 is 1.95 bits per heavy atom. The Morgan fingerprint density at radius 1 is 1.16 bits per heavy atom. The molecule has 14 heteroatoms. The van der Waals surface area contributed by atoms with Crippen LogP contribution >= 0.6 is 23.2 Å². The second-order valence-corrected chi connectivity index (χ2v) is 15.4. The van der Waals surface area contributed by atoms with Gasteiger partial charge in [0, 0.05) is 75.3 Å². The van der Waals surface area contributed by atoms with E-state index < -0.39 is 28.6 Å². The van der Waals surface area contributed by atoms with Crippen molar-refractivity contribution in [2.45, 2.75) is 68.8 Å². The fourth-order valence-electron chi connectivity index (χ4n) is 6.64. The fraction of sp³-hybridized carbons (Fsp3) is 0.415. The number of rotatable bonds is 18. The number of aromatic nitrogens is 1. The van der Waals surface area contributed by atoms with Gasteiger partial charge in [-0.3, -0.25) is 19.9 Å². The van der Waals surface area contributed by atoms with Crippen LogP contribution in [0.5, 0.6) is 11.5 Å². The molecule has 1 aromatic heterocycles. The molecule has 5 rings (SSSR count). The number of amides is 1. The predicted molar refractivity (Wildman–Crippen MR) is 210 cm³/mol. The molecule has 2 heterocycles. The molecule has 1 fully saturated rings. The summed E-state index contributed by atoms with van der Waals surface area (Å²) in [6.45, 7) is 6.98. The lowest BCUT2D eigenvalue weighted by Crippen LogP contribution is -2.55. The number of alkyl halides is 1. The van der Waals surface area contributed by atoms with Crippen molar-refractivity contribution in [1.82, 2.24) is 20.5 Å². The van der Waals surface area contributed by atoms with Crippen LogP contribution in [0, 0.1) is 11.3 Å². The van der Waals surface area contributed by atoms with Crippen molar-refractivity contribution in [3.05, 3.63) is 106 Å². The number of hydrogen-bond donors (Lipinski definition) is 4. The van der Waals surface area contributed by atoms with Gasteiger partial charge in [-0.05, 0) is 56.0 Å². The molecule has 4 atom stereocenters. The van der Waals surface area contributed by atoms with Gasteiger partial charge >= 0.3 is 5.97 Å². The van der Waals surface area contributed by atoms with Gasteiger partial charge in [0.05, 0.1) is 17.2 Å². The molecular formula is C41H47Cl2N5O7. The number of benzene rings is 2. The highest BCUT2D eigenvalue weighted by atomic mass is 35.5. The van der Waals surface area contributed by atoms with E-state index in [0.717, 1.165) is 37.2 Å². The monoisotopic (exact) mass is 791 g/mol. The first-order valence-electron chi connectivity index (χ1n) is 18.1. The van der Waals surface area contributed by atoms with Crippen molar-refractivity contribution >= 4 is 40.7 Å². The van der Waals surface area contributed by atoms with E-state index in [2.05, 4.69) is 26.6 Å². The third kappa shape index (κ3) is 10.2. The van der Waals surface area contributed by atoms with Gasteiger partial charge in [-0.2, -0.15) is 5.26 Å². The lowest BCUT2D eigenvalue weighted by Gasteiger charge is -2.45. The van der Waals surface area contributed by atoms with Crippen LogP contribution in [0.15, 0.2) is 79.2 Å². The maximum atomic E-state index is 11.9. The zero-order chi connectivity index (χ0) is 39.6. The average molecular weight is 793 g/mol. The van der Waals surface area contributed by atoms with E-state index in [1.807, 2.05) is 55.5 Å². The number of aliphatic carboxylic acids is 1. The highest BCUT2D eigenvalue weighted by Gasteiger charge is 2.51. The summed E-state index contributed by atoms with van der Waals surface area (Å²) in [7, 11) is 0. The molecule has 1 aliphatic carbocycles. The van der Waals surface area contributed by atoms with E-state index in [4.69, 9.17) is 37.4 Å². The van der Waals surface area contributed by atoms with Crippen LogP contribution in [-0.4, -0.2) is 93.5 Å². The Bertz CT molecular complexity index is 1940. The maximum absolute atomic E-state index is 11.9. The molecule has 55 heavy (non-hydrogen) atoms. The molecule has 1 amide bonds. The fourth-order valence-corrected chi connectivity index (χ4v) is 7.23. The van der Waals surface area contributed by atoms with E-state index in [9.17, 15) is 25.1 Å². The van der Waals surface area contributed by atoms with E-state index in [1.165, 1.54) is 20.0 Å². The number of aliphatic hydroxyl groups is 1. The van der Waals surface area contributed by atoms with Crippen LogP contribution in [0.1, 0.15) is 55.9 Å². The van der Waals surface area contributed by atoms with Gasteiger partial charge in [-0.1, -0.05) is 54.1 Å². The van der Waals surface area contributed by atoms with E-state index in [1.54, 1.807) is 24.4 Å². The quantitative estimate of drug-likeness (QED) is 0.0950. The molecule has 2 aliphatic rings. The van der Waals surface area contributed by atoms with E-state index in [0.29, 0.717) is 35.5 Å². The average Bonchev–Trinajstić information content (AvgIpc) is 3.61. The summed E-state index contributed by atoms with van der Waals surface area (Å²) in [6.07, 6.45) is 10.5. The minimum Gasteiger partial charge on any atom is -0.488 e. The number of pyridine rings is 1. The van der Waals surface area contributed by atoms with Crippen molar-refractivity contribution in [1.29, 1.82) is 5.26 Å². The summed E-state index contributed by atoms with van der Waals surface area (Å²) < 4.78 is 19.5. The number of carboxylic acid groups (broad SMARTS) is 1. The van der Waals surface area contributed by atoms with Crippen molar-refractivity contribution in [2.24, 2.45) is 0 Å². The van der Waals surface area contributed by atoms with Gasteiger partial charge < -0.3 is 34.6 Å². The van der Waals surface area contributed by atoms with Gasteiger partial charge in [0.25, 0.3) is 0 Å². The summed E-state index contributed by atoms with van der Waals surface area (Å²) in [6, 6.07) is 16.9. The number of aliphatic hydroxyl groups excluding tert-OH is 1. The molecule has 0 bridgehead atoms. The van der Waals surface area contributed by atoms with Crippen molar-refractivity contribution in [3.8, 4) is 17.6 Å². The molecule has 1 aliphatic heterocycles. The summed E-state index contributed by atoms with van der Waals surface area (Å²) in [5.41, 5.74) is 0.526. The zero-order valence-electron chi connectivity index (χ0n) is 31.2. The van der Waals surface area contributed by atoms with Gasteiger partial charge in [0.15, 0.2) is 0 Å². The number of allylic oxidation sites excluding steroid dienone is 2. The van der Waals surface area contributed by atoms with Crippen LogP contribution in [0.2, 0.25) is 5.02 Å². The number of nitrogens with one attached hydrogen (secondary N) is 2. The van der Waals surface area contributed by atoms with Crippen LogP contribution < -0.4 is 20.1 Å². The van der Waals surface area contributed by atoms with Crippen LogP contribution in [0.3, 0.4) is 0 Å². The summed E-state index contributed by atoms with van der Waals surface area (Å²) in [4.78, 5) is 28.8. The van der Waals surface area contributed by atoms with Gasteiger partial charge in [0.2, 0.25) is 5.91 Å². The van der Waals surface area contributed by atoms with Gasteiger partial charge in [-0.15, -0.1) is 11.6 Å². The number of nitriles is 1. The Morgan fingerprint density at radius 3 is 2.65 bits per heavy atom. The number of carbonyl (C=O) groups is 2. The number of carboxylic acids is 1. The standard InChI is InChI=1S/C41H47Cl2N5O7/c1-28(50)47-33-12-15-48(24-33)14-8-16-55-41(13-7-11-34(40(41,3)43)31-9-5-4-6-10-31)27-54-37-19-36(53-25-30-17-29(20-44)21-45-22-30)32(18-35(37)42)23-46-39(2,26-49)38(51)52/h4-7,9-11,13,17-19,21-22,33,46,49H,8,12,14-16,23-27H2,1-3H3,(H,47,50)(H,51,52)/t33-,39?,40?,41?/m1/s1. The summed E-state index contributed by atoms with van der Waals surface area (Å²) in [5, 5.41) is 35.0. The number of carbonyl (C=O) groups excluding carboxylic acids is 1. The highest BCUT2D eigenvalue weighted by molar-refractivity contribution is 6.32. The van der Waals surface area contributed by atoms with Crippen molar-refractivity contribution in [2.75, 3.05) is 39.5 Å². The topological polar surface area (TPSA) is 166 Å². The van der Waals surface area contributed by atoms with Crippen LogP contribution in [0.4, 0.5) is 0 Å². The molecule has 12 nitrogen and oxygen atoms in total. The third-order valence-electron chi connectivity index (χ3n) is 10.0. The number of ether oxygens (including phenoxy) is 3. The number of likely N-dealkylation sites (tertiary alicyclic amines) is 1. The van der Waals surface area contributed by atoms with Crippen molar-refractivity contribution < 1.29 is 34.0 Å². The number of hydrogen-bond acceptors (Lipinski definition) is 10.